The van der Waals surface area contributed by atoms with Crippen molar-refractivity contribution in [2.24, 2.45) is 0 Å². The summed E-state index contributed by atoms with van der Waals surface area (Å²) in [5.41, 5.74) is 1.63. The number of aliphatic hydroxyl groups excluding tert-OH is 1. The predicted octanol–water partition coefficient (Wildman–Crippen LogP) is 5.60. The van der Waals surface area contributed by atoms with Crippen molar-refractivity contribution >= 4 is 57.6 Å². The monoisotopic (exact) mass is 401 g/mol. The van der Waals surface area contributed by atoms with E-state index >= 15 is 0 Å². The van der Waals surface area contributed by atoms with Gasteiger partial charge in [-0.2, -0.15) is 4.57 Å². The molecule has 1 aromatic heterocycles. The quantitative estimate of drug-likeness (QED) is 0.258. The number of hydrogen-bond donors (Lipinski definition) is 2. The molecule has 0 aliphatic rings. The second-order valence-corrected chi connectivity index (χ2v) is 6.68. The van der Waals surface area contributed by atoms with Crippen LogP contribution in [0, 0.1) is 0 Å². The molecule has 0 aliphatic carbocycles. The van der Waals surface area contributed by atoms with Crippen LogP contribution in [0.5, 0.6) is 0 Å². The number of aromatic nitrogens is 1. The summed E-state index contributed by atoms with van der Waals surface area (Å²) in [5, 5.41) is 15.1. The first kappa shape index (κ1) is 18.4. The number of benzene rings is 2. The lowest BCUT2D eigenvalue weighted by Gasteiger charge is -2.11. The second kappa shape index (κ2) is 8.32. The predicted molar refractivity (Wildman–Crippen MR) is 112 cm³/mol. The smallest absolute Gasteiger partial charge is 0.288 e. The van der Waals surface area contributed by atoms with Crippen LogP contribution in [-0.4, -0.2) is 10.1 Å². The maximum absolute atomic E-state index is 10.9. The van der Waals surface area contributed by atoms with Gasteiger partial charge >= 0.3 is 0 Å². The lowest BCUT2D eigenvalue weighted by molar-refractivity contribution is -0.575. The third-order valence-corrected chi connectivity index (χ3v) is 4.48. The SMILES string of the molecule is O/C(=C(/C(=S)Nc1cccc(Cl)c1)[n+]1ccccc1)c1ccccc1Cl. The summed E-state index contributed by atoms with van der Waals surface area (Å²) < 4.78 is 1.73. The van der Waals surface area contributed by atoms with Gasteiger partial charge in [-0.15, -0.1) is 0 Å². The highest BCUT2D eigenvalue weighted by Crippen LogP contribution is 2.25. The number of aliphatic hydroxyl groups is 1. The fourth-order valence-corrected chi connectivity index (χ4v) is 3.17. The van der Waals surface area contributed by atoms with Crippen LogP contribution >= 0.6 is 35.4 Å². The fourth-order valence-electron chi connectivity index (χ4n) is 2.43. The van der Waals surface area contributed by atoms with Gasteiger partial charge in [-0.05, 0) is 30.3 Å². The Hall–Kier alpha value is -2.40. The van der Waals surface area contributed by atoms with Gasteiger partial charge in [0.1, 0.15) is 0 Å². The molecule has 0 spiro atoms. The van der Waals surface area contributed by atoms with E-state index in [1.165, 1.54) is 0 Å². The van der Waals surface area contributed by atoms with Crippen molar-refractivity contribution in [1.82, 2.24) is 0 Å². The molecule has 6 heteroatoms. The molecule has 0 unspecified atom stereocenters. The van der Waals surface area contributed by atoms with E-state index < -0.39 is 0 Å². The molecular formula is C20H15Cl2N2OS+. The maximum atomic E-state index is 10.9. The van der Waals surface area contributed by atoms with Gasteiger partial charge in [0.2, 0.25) is 5.76 Å². The normalized spacial score (nSPS) is 11.6. The Morgan fingerprint density at radius 2 is 1.65 bits per heavy atom. The molecule has 0 saturated heterocycles. The molecule has 3 rings (SSSR count). The molecule has 1 heterocycles. The Bertz CT molecular complexity index is 974. The lowest BCUT2D eigenvalue weighted by Crippen LogP contribution is -2.38. The number of hydrogen-bond acceptors (Lipinski definition) is 2. The summed E-state index contributed by atoms with van der Waals surface area (Å²) >= 11 is 17.9. The largest absolute Gasteiger partial charge is 0.502 e. The number of pyridine rings is 1. The van der Waals surface area contributed by atoms with Crippen LogP contribution in [0.2, 0.25) is 10.0 Å². The molecule has 2 aromatic carbocycles. The first-order valence-electron chi connectivity index (χ1n) is 7.78. The van der Waals surface area contributed by atoms with Crippen LogP contribution in [0.25, 0.3) is 11.5 Å². The number of nitrogens with one attached hydrogen (secondary N) is 1. The third-order valence-electron chi connectivity index (χ3n) is 3.62. The number of halogens is 2. The summed E-state index contributed by atoms with van der Waals surface area (Å²) in [6.45, 7) is 0. The molecule has 3 nitrogen and oxygen atoms in total. The minimum absolute atomic E-state index is 0.0219. The summed E-state index contributed by atoms with van der Waals surface area (Å²) in [4.78, 5) is 0.334. The molecule has 0 radical (unpaired) electrons. The topological polar surface area (TPSA) is 36.1 Å². The number of rotatable bonds is 4. The second-order valence-electron chi connectivity index (χ2n) is 5.42. The Labute approximate surface area is 167 Å². The average Bonchev–Trinajstić information content (AvgIpc) is 2.63. The van der Waals surface area contributed by atoms with Crippen molar-refractivity contribution < 1.29 is 9.67 Å². The highest BCUT2D eigenvalue weighted by Gasteiger charge is 2.24. The first-order chi connectivity index (χ1) is 12.6. The zero-order valence-corrected chi connectivity index (χ0v) is 15.9. The van der Waals surface area contributed by atoms with E-state index in [0.29, 0.717) is 26.3 Å². The minimum Gasteiger partial charge on any atom is -0.502 e. The zero-order chi connectivity index (χ0) is 18.5. The lowest BCUT2D eigenvalue weighted by atomic mass is 10.1. The standard InChI is InChI=1S/C20H14Cl2N2OS/c21-14-7-6-8-15(13-14)23-20(26)18(24-11-4-1-5-12-24)19(25)16-9-2-3-10-17(16)22/h1-13H,(H-,23,25,26)/p+1. The van der Waals surface area contributed by atoms with Crippen molar-refractivity contribution in [2.45, 2.75) is 0 Å². The molecule has 0 fully saturated rings. The van der Waals surface area contributed by atoms with Crippen molar-refractivity contribution in [3.8, 4) is 0 Å². The average molecular weight is 402 g/mol. The molecular weight excluding hydrogens is 387 g/mol. The van der Waals surface area contributed by atoms with Crippen molar-refractivity contribution in [2.75, 3.05) is 5.32 Å². The molecule has 0 saturated carbocycles. The van der Waals surface area contributed by atoms with Gasteiger partial charge in [0, 0.05) is 28.4 Å². The van der Waals surface area contributed by atoms with Gasteiger partial charge in [0.05, 0.1) is 5.02 Å². The van der Waals surface area contributed by atoms with E-state index in [-0.39, 0.29) is 5.76 Å². The van der Waals surface area contributed by atoms with E-state index in [0.717, 1.165) is 5.69 Å². The van der Waals surface area contributed by atoms with Gasteiger partial charge in [0.25, 0.3) is 5.70 Å². The number of thiocarbonyl (C=S) groups is 1. The molecule has 130 valence electrons. The Morgan fingerprint density at radius 1 is 0.923 bits per heavy atom. The van der Waals surface area contributed by atoms with Gasteiger partial charge in [-0.3, -0.25) is 0 Å². The van der Waals surface area contributed by atoms with Gasteiger partial charge in [-0.1, -0.05) is 59.7 Å². The van der Waals surface area contributed by atoms with E-state index in [1.54, 1.807) is 53.4 Å². The van der Waals surface area contributed by atoms with Crippen LogP contribution in [0.1, 0.15) is 5.56 Å². The van der Waals surface area contributed by atoms with Gasteiger partial charge in [-0.25, -0.2) is 0 Å². The molecule has 0 atom stereocenters. The van der Waals surface area contributed by atoms with Gasteiger partial charge in [0.15, 0.2) is 17.4 Å². The highest BCUT2D eigenvalue weighted by atomic mass is 35.5. The molecule has 2 N–H and O–H groups in total. The molecule has 0 amide bonds. The van der Waals surface area contributed by atoms with Crippen LogP contribution < -0.4 is 9.88 Å². The first-order valence-corrected chi connectivity index (χ1v) is 8.94. The molecule has 26 heavy (non-hydrogen) atoms. The molecule has 3 aromatic rings. The van der Waals surface area contributed by atoms with E-state index in [9.17, 15) is 5.11 Å². The van der Waals surface area contributed by atoms with Crippen LogP contribution in [0.4, 0.5) is 5.69 Å². The van der Waals surface area contributed by atoms with Crippen molar-refractivity contribution in [1.29, 1.82) is 0 Å². The maximum Gasteiger partial charge on any atom is 0.288 e. The summed E-state index contributed by atoms with van der Waals surface area (Å²) in [5.74, 6) is -0.0219. The summed E-state index contributed by atoms with van der Waals surface area (Å²) in [7, 11) is 0. The highest BCUT2D eigenvalue weighted by molar-refractivity contribution is 7.81. The zero-order valence-electron chi connectivity index (χ0n) is 13.6. The van der Waals surface area contributed by atoms with E-state index in [2.05, 4.69) is 5.32 Å². The molecule has 0 bridgehead atoms. The van der Waals surface area contributed by atoms with Crippen LogP contribution in [0.15, 0.2) is 79.1 Å². The van der Waals surface area contributed by atoms with Crippen molar-refractivity contribution in [3.05, 3.63) is 94.7 Å². The fraction of sp³-hybridized carbons (Fsp3) is 0. The van der Waals surface area contributed by atoms with Crippen molar-refractivity contribution in [3.63, 3.8) is 0 Å². The van der Waals surface area contributed by atoms with Crippen LogP contribution in [0.3, 0.4) is 0 Å². The Kier molecular flexibility index (Phi) is 5.89. The van der Waals surface area contributed by atoms with E-state index in [4.69, 9.17) is 35.4 Å². The summed E-state index contributed by atoms with van der Waals surface area (Å²) in [6, 6.07) is 19.8. The van der Waals surface area contributed by atoms with Crippen LogP contribution in [-0.2, 0) is 0 Å². The summed E-state index contributed by atoms with van der Waals surface area (Å²) in [6.07, 6.45) is 3.60. The Balaban J connectivity index is 2.08. The third kappa shape index (κ3) is 4.22. The Morgan fingerprint density at radius 3 is 2.35 bits per heavy atom. The molecule has 0 aliphatic heterocycles. The number of nitrogens with zero attached hydrogens (tertiary/aromatic N) is 1. The van der Waals surface area contributed by atoms with Gasteiger partial charge < -0.3 is 10.4 Å². The number of anilines is 1. The minimum atomic E-state index is -0.0219. The van der Waals surface area contributed by atoms with E-state index in [1.807, 2.05) is 30.3 Å².